The van der Waals surface area contributed by atoms with E-state index in [-0.39, 0.29) is 0 Å². The van der Waals surface area contributed by atoms with Crippen molar-refractivity contribution in [2.75, 3.05) is 13.7 Å². The topological polar surface area (TPSA) is 56.1 Å². The number of rotatable bonds is 3. The summed E-state index contributed by atoms with van der Waals surface area (Å²) >= 11 is 0. The predicted octanol–water partition coefficient (Wildman–Crippen LogP) is 0.239. The molecule has 1 heterocycles. The summed E-state index contributed by atoms with van der Waals surface area (Å²) in [4.78, 5) is 10.6. The normalized spacial score (nSPS) is 9.42. The molecule has 12 heavy (non-hydrogen) atoms. The van der Waals surface area contributed by atoms with Gasteiger partial charge in [0.05, 0.1) is 13.7 Å². The fourth-order valence-corrected chi connectivity index (χ4v) is 0.777. The molecule has 1 N–H and O–H groups in total. The average molecular weight is 169 g/mol. The van der Waals surface area contributed by atoms with Crippen LogP contribution in [0.3, 0.4) is 0 Å². The Morgan fingerprint density at radius 2 is 2.58 bits per heavy atom. The van der Waals surface area contributed by atoms with E-state index in [2.05, 4.69) is 15.2 Å². The highest BCUT2D eigenvalue weighted by molar-refractivity contribution is 5.66. The van der Waals surface area contributed by atoms with E-state index in [0.29, 0.717) is 13.1 Å². The van der Waals surface area contributed by atoms with Gasteiger partial charge in [0.1, 0.15) is 0 Å². The maximum absolute atomic E-state index is 10.6. The van der Waals surface area contributed by atoms with Crippen LogP contribution in [0, 0.1) is 0 Å². The van der Waals surface area contributed by atoms with E-state index in [1.807, 2.05) is 12.3 Å². The number of carbonyl (C=O) groups is 1. The summed E-state index contributed by atoms with van der Waals surface area (Å²) in [6.45, 7) is 1.18. The minimum absolute atomic E-state index is 0.415. The van der Waals surface area contributed by atoms with Crippen molar-refractivity contribution < 1.29 is 9.53 Å². The third-order valence-electron chi connectivity index (χ3n) is 1.35. The Kier molecular flexibility index (Phi) is 3.13. The first-order valence-electron chi connectivity index (χ1n) is 3.62. The zero-order valence-corrected chi connectivity index (χ0v) is 6.86. The second-order valence-corrected chi connectivity index (χ2v) is 2.19. The second kappa shape index (κ2) is 4.38. The molecule has 0 fully saturated rings. The molecule has 5 nitrogen and oxygen atoms in total. The molecule has 0 aliphatic carbocycles. The number of aromatic nitrogens is 2. The molecule has 1 amide bonds. The molecule has 0 aliphatic heterocycles. The molecular weight excluding hydrogens is 158 g/mol. The van der Waals surface area contributed by atoms with E-state index in [1.54, 1.807) is 10.9 Å². The van der Waals surface area contributed by atoms with E-state index >= 15 is 0 Å². The van der Waals surface area contributed by atoms with Crippen LogP contribution in [-0.4, -0.2) is 29.5 Å². The minimum atomic E-state index is -0.415. The molecule has 1 aromatic rings. The number of nitrogens with one attached hydrogen (secondary N) is 1. The SMILES string of the molecule is COC(=O)NCCn1cccn1. The number of hydrogen-bond acceptors (Lipinski definition) is 3. The highest BCUT2D eigenvalue weighted by Gasteiger charge is 1.96. The first-order chi connectivity index (χ1) is 5.83. The lowest BCUT2D eigenvalue weighted by molar-refractivity contribution is 0.170. The van der Waals surface area contributed by atoms with Crippen LogP contribution < -0.4 is 5.32 Å². The van der Waals surface area contributed by atoms with Gasteiger partial charge >= 0.3 is 6.09 Å². The first-order valence-corrected chi connectivity index (χ1v) is 3.62. The van der Waals surface area contributed by atoms with E-state index in [1.165, 1.54) is 7.11 Å². The van der Waals surface area contributed by atoms with Gasteiger partial charge in [0.25, 0.3) is 0 Å². The molecule has 0 aromatic carbocycles. The smallest absolute Gasteiger partial charge is 0.406 e. The molecule has 0 bridgehead atoms. The zero-order chi connectivity index (χ0) is 8.81. The quantitative estimate of drug-likeness (QED) is 0.705. The van der Waals surface area contributed by atoms with Crippen molar-refractivity contribution in [2.24, 2.45) is 0 Å². The maximum Gasteiger partial charge on any atom is 0.406 e. The maximum atomic E-state index is 10.6. The summed E-state index contributed by atoms with van der Waals surface area (Å²) in [5.74, 6) is 0. The van der Waals surface area contributed by atoms with Gasteiger partial charge in [-0.05, 0) is 6.07 Å². The van der Waals surface area contributed by atoms with Crippen molar-refractivity contribution in [3.63, 3.8) is 0 Å². The predicted molar refractivity (Wildman–Crippen MR) is 42.6 cm³/mol. The average Bonchev–Trinajstić information content (AvgIpc) is 2.57. The number of amides is 1. The van der Waals surface area contributed by atoms with Crippen LogP contribution in [-0.2, 0) is 11.3 Å². The standard InChI is InChI=1S/C7H11N3O2/c1-12-7(11)8-4-6-10-5-2-3-9-10/h2-3,5H,4,6H2,1H3,(H,8,11). The third-order valence-corrected chi connectivity index (χ3v) is 1.35. The molecule has 0 spiro atoms. The van der Waals surface area contributed by atoms with Gasteiger partial charge in [-0.2, -0.15) is 5.10 Å². The lowest BCUT2D eigenvalue weighted by Gasteiger charge is -2.02. The van der Waals surface area contributed by atoms with Crippen LogP contribution in [0.2, 0.25) is 0 Å². The van der Waals surface area contributed by atoms with Crippen molar-refractivity contribution in [1.82, 2.24) is 15.1 Å². The molecule has 0 unspecified atom stereocenters. The number of methoxy groups -OCH3 is 1. The van der Waals surface area contributed by atoms with Gasteiger partial charge in [0.2, 0.25) is 0 Å². The summed E-state index contributed by atoms with van der Waals surface area (Å²) in [7, 11) is 1.34. The molecule has 5 heteroatoms. The Bertz CT molecular complexity index is 233. The number of alkyl carbamates (subject to hydrolysis) is 1. The zero-order valence-electron chi connectivity index (χ0n) is 6.86. The third kappa shape index (κ3) is 2.61. The minimum Gasteiger partial charge on any atom is -0.453 e. The second-order valence-electron chi connectivity index (χ2n) is 2.19. The molecular formula is C7H11N3O2. The van der Waals surface area contributed by atoms with Gasteiger partial charge in [0, 0.05) is 18.9 Å². The molecule has 1 rings (SSSR count). The van der Waals surface area contributed by atoms with Gasteiger partial charge in [-0.15, -0.1) is 0 Å². The first kappa shape index (κ1) is 8.58. The highest BCUT2D eigenvalue weighted by atomic mass is 16.5. The number of carbonyl (C=O) groups excluding carboxylic acids is 1. The van der Waals surface area contributed by atoms with Crippen molar-refractivity contribution in [1.29, 1.82) is 0 Å². The summed E-state index contributed by atoms with van der Waals surface area (Å²) in [6.07, 6.45) is 3.11. The van der Waals surface area contributed by atoms with Crippen molar-refractivity contribution in [3.8, 4) is 0 Å². The van der Waals surface area contributed by atoms with Crippen molar-refractivity contribution in [2.45, 2.75) is 6.54 Å². The number of nitrogens with zero attached hydrogens (tertiary/aromatic N) is 2. The van der Waals surface area contributed by atoms with E-state index in [4.69, 9.17) is 0 Å². The molecule has 0 aliphatic rings. The highest BCUT2D eigenvalue weighted by Crippen LogP contribution is 1.82. The van der Waals surface area contributed by atoms with Crippen LogP contribution in [0.4, 0.5) is 4.79 Å². The largest absolute Gasteiger partial charge is 0.453 e. The number of ether oxygens (including phenoxy) is 1. The van der Waals surface area contributed by atoms with Crippen LogP contribution >= 0.6 is 0 Å². The van der Waals surface area contributed by atoms with E-state index in [0.717, 1.165) is 0 Å². The summed E-state index contributed by atoms with van der Waals surface area (Å²) < 4.78 is 6.12. The molecule has 66 valence electrons. The summed E-state index contributed by atoms with van der Waals surface area (Å²) in [5, 5.41) is 6.51. The Morgan fingerprint density at radius 3 is 3.17 bits per heavy atom. The van der Waals surface area contributed by atoms with Crippen molar-refractivity contribution in [3.05, 3.63) is 18.5 Å². The van der Waals surface area contributed by atoms with Gasteiger partial charge in [-0.3, -0.25) is 4.68 Å². The summed E-state index contributed by atoms with van der Waals surface area (Å²) in [5.41, 5.74) is 0. The van der Waals surface area contributed by atoms with E-state index in [9.17, 15) is 4.79 Å². The monoisotopic (exact) mass is 169 g/mol. The Balaban J connectivity index is 2.15. The molecule has 0 saturated carbocycles. The van der Waals surface area contributed by atoms with Crippen molar-refractivity contribution >= 4 is 6.09 Å². The van der Waals surface area contributed by atoms with E-state index < -0.39 is 6.09 Å². The molecule has 1 aromatic heterocycles. The van der Waals surface area contributed by atoms with Gasteiger partial charge in [-0.25, -0.2) is 4.79 Å². The number of hydrogen-bond donors (Lipinski definition) is 1. The fraction of sp³-hybridized carbons (Fsp3) is 0.429. The van der Waals surface area contributed by atoms with Gasteiger partial charge < -0.3 is 10.1 Å². The van der Waals surface area contributed by atoms with Crippen LogP contribution in [0.5, 0.6) is 0 Å². The Morgan fingerprint density at radius 1 is 1.75 bits per heavy atom. The van der Waals surface area contributed by atoms with Crippen LogP contribution in [0.25, 0.3) is 0 Å². The summed E-state index contributed by atoms with van der Waals surface area (Å²) in [6, 6.07) is 1.83. The van der Waals surface area contributed by atoms with Gasteiger partial charge in [-0.1, -0.05) is 0 Å². The van der Waals surface area contributed by atoms with Crippen LogP contribution in [0.15, 0.2) is 18.5 Å². The van der Waals surface area contributed by atoms with Crippen LogP contribution in [0.1, 0.15) is 0 Å². The Hall–Kier alpha value is -1.52. The Labute approximate surface area is 70.3 Å². The van der Waals surface area contributed by atoms with Gasteiger partial charge in [0.15, 0.2) is 0 Å². The molecule has 0 saturated heterocycles. The molecule has 0 radical (unpaired) electrons. The lowest BCUT2D eigenvalue weighted by atomic mass is 10.6. The molecule has 0 atom stereocenters. The lowest BCUT2D eigenvalue weighted by Crippen LogP contribution is -2.26. The fourth-order valence-electron chi connectivity index (χ4n) is 0.777.